The minimum Gasteiger partial charge on any atom is -0.497 e. The fraction of sp³-hybridized carbons (Fsp3) is 0.304. The van der Waals surface area contributed by atoms with E-state index in [9.17, 15) is 0 Å². The second-order valence-electron chi connectivity index (χ2n) is 6.48. The van der Waals surface area contributed by atoms with Crippen LogP contribution in [-0.2, 0) is 19.3 Å². The quantitative estimate of drug-likeness (QED) is 0.270. The summed E-state index contributed by atoms with van der Waals surface area (Å²) in [4.78, 5) is 0. The number of hydrogen-bond donors (Lipinski definition) is 0. The van der Waals surface area contributed by atoms with E-state index in [1.165, 1.54) is 5.56 Å². The summed E-state index contributed by atoms with van der Waals surface area (Å²) in [5.74, 6) is 1.72. The maximum atomic E-state index is 6.73. The Hall–Kier alpha value is -1.52. The van der Waals surface area contributed by atoms with Crippen LogP contribution >= 0.6 is 31.9 Å². The summed E-state index contributed by atoms with van der Waals surface area (Å²) in [5.41, 5.74) is 2.96. The maximum Gasteiger partial charge on any atom is 0.132 e. The van der Waals surface area contributed by atoms with E-state index in [2.05, 4.69) is 69.3 Å². The van der Waals surface area contributed by atoms with Crippen LogP contribution in [0.15, 0.2) is 67.8 Å². The molecule has 4 heteroatoms. The van der Waals surface area contributed by atoms with Gasteiger partial charge in [-0.15, -0.1) is 13.2 Å². The summed E-state index contributed by atoms with van der Waals surface area (Å²) in [5, 5.41) is 1.40. The number of benzene rings is 2. The Morgan fingerprint density at radius 2 is 1.52 bits per heavy atom. The van der Waals surface area contributed by atoms with Crippen LogP contribution < -0.4 is 9.47 Å². The second-order valence-corrected chi connectivity index (χ2v) is 7.60. The lowest BCUT2D eigenvalue weighted by Gasteiger charge is -2.33. The normalized spacial score (nSPS) is 11.1. The van der Waals surface area contributed by atoms with Gasteiger partial charge in [0, 0.05) is 28.2 Å². The van der Waals surface area contributed by atoms with Crippen molar-refractivity contribution >= 4 is 31.9 Å². The Morgan fingerprint density at radius 1 is 0.963 bits per heavy atom. The molecule has 0 spiro atoms. The van der Waals surface area contributed by atoms with Crippen molar-refractivity contribution in [1.29, 1.82) is 0 Å². The molecular formula is C23H26Br2O2. The Balaban J connectivity index is 2.49. The molecule has 2 aromatic carbocycles. The fourth-order valence-corrected chi connectivity index (χ4v) is 4.54. The zero-order chi connectivity index (χ0) is 19.7. The summed E-state index contributed by atoms with van der Waals surface area (Å²) in [7, 11) is 1.68. The molecule has 2 nitrogen and oxygen atoms in total. The minimum absolute atomic E-state index is 0.415. The summed E-state index contributed by atoms with van der Waals surface area (Å²) < 4.78 is 12.2. The Morgan fingerprint density at radius 3 is 1.96 bits per heavy atom. The van der Waals surface area contributed by atoms with Crippen molar-refractivity contribution in [2.24, 2.45) is 0 Å². The molecule has 0 radical (unpaired) electrons. The highest BCUT2D eigenvalue weighted by Crippen LogP contribution is 2.36. The molecular weight excluding hydrogens is 468 g/mol. The number of halogens is 2. The van der Waals surface area contributed by atoms with Gasteiger partial charge in [0.05, 0.1) is 7.11 Å². The number of ether oxygens (including phenoxy) is 2. The van der Waals surface area contributed by atoms with Crippen molar-refractivity contribution in [2.75, 3.05) is 17.8 Å². The molecule has 0 saturated carbocycles. The van der Waals surface area contributed by atoms with E-state index in [0.29, 0.717) is 23.5 Å². The van der Waals surface area contributed by atoms with E-state index in [4.69, 9.17) is 9.47 Å². The van der Waals surface area contributed by atoms with Gasteiger partial charge in [-0.05, 0) is 30.5 Å². The molecule has 0 aromatic heterocycles. The highest BCUT2D eigenvalue weighted by Gasteiger charge is 2.32. The van der Waals surface area contributed by atoms with Crippen LogP contribution in [0.2, 0.25) is 0 Å². The fourth-order valence-electron chi connectivity index (χ4n) is 2.99. The van der Waals surface area contributed by atoms with Gasteiger partial charge in [-0.25, -0.2) is 0 Å². The van der Waals surface area contributed by atoms with E-state index in [1.807, 2.05) is 30.4 Å². The van der Waals surface area contributed by atoms with Crippen LogP contribution in [0.5, 0.6) is 11.5 Å². The average molecular weight is 494 g/mol. The number of hydrogen-bond acceptors (Lipinski definition) is 2. The van der Waals surface area contributed by atoms with Gasteiger partial charge in [0.25, 0.3) is 0 Å². The van der Waals surface area contributed by atoms with Crippen molar-refractivity contribution in [3.63, 3.8) is 0 Å². The largest absolute Gasteiger partial charge is 0.497 e. The molecule has 0 aliphatic rings. The molecule has 2 aromatic rings. The Kier molecular flexibility index (Phi) is 8.65. The van der Waals surface area contributed by atoms with E-state index < -0.39 is 5.60 Å². The molecule has 0 saturated heterocycles. The average Bonchev–Trinajstić information content (AvgIpc) is 2.70. The van der Waals surface area contributed by atoms with Gasteiger partial charge in [0.1, 0.15) is 17.1 Å². The lowest BCUT2D eigenvalue weighted by Crippen LogP contribution is -2.43. The summed E-state index contributed by atoms with van der Waals surface area (Å²) >= 11 is 7.37. The topological polar surface area (TPSA) is 18.5 Å². The minimum atomic E-state index is -0.415. The molecule has 0 N–H and O–H groups in total. The van der Waals surface area contributed by atoms with Crippen molar-refractivity contribution in [3.8, 4) is 11.5 Å². The van der Waals surface area contributed by atoms with E-state index >= 15 is 0 Å². The third-order valence-electron chi connectivity index (χ3n) is 4.36. The van der Waals surface area contributed by atoms with Gasteiger partial charge in [-0.3, -0.25) is 0 Å². The Labute approximate surface area is 179 Å². The number of alkyl halides is 2. The van der Waals surface area contributed by atoms with Gasteiger partial charge in [0.15, 0.2) is 0 Å². The molecule has 0 bridgehead atoms. The van der Waals surface area contributed by atoms with Crippen molar-refractivity contribution < 1.29 is 9.47 Å². The van der Waals surface area contributed by atoms with Crippen molar-refractivity contribution in [3.05, 3.63) is 84.5 Å². The second kappa shape index (κ2) is 10.7. The number of allylic oxidation sites excluding steroid dienone is 2. The Bertz CT molecular complexity index is 721. The van der Waals surface area contributed by atoms with E-state index in [0.717, 1.165) is 29.0 Å². The van der Waals surface area contributed by atoms with E-state index in [-0.39, 0.29) is 0 Å². The first-order valence-electron chi connectivity index (χ1n) is 8.87. The molecule has 0 aliphatic carbocycles. The SMILES string of the molecule is C=CCc1cc(OC)cc(CC=C)c1OC(CBr)(CBr)Cc1ccccc1. The molecule has 0 unspecified atom stereocenters. The van der Waals surface area contributed by atoms with Gasteiger partial charge in [-0.2, -0.15) is 0 Å². The van der Waals surface area contributed by atoms with Crippen molar-refractivity contribution in [2.45, 2.75) is 24.9 Å². The van der Waals surface area contributed by atoms with Crippen LogP contribution in [0.25, 0.3) is 0 Å². The van der Waals surface area contributed by atoms with Gasteiger partial charge in [0.2, 0.25) is 0 Å². The molecule has 27 heavy (non-hydrogen) atoms. The van der Waals surface area contributed by atoms with Crippen LogP contribution in [0, 0.1) is 0 Å². The predicted molar refractivity (Wildman–Crippen MR) is 122 cm³/mol. The van der Waals surface area contributed by atoms with Gasteiger partial charge < -0.3 is 9.47 Å². The first-order valence-corrected chi connectivity index (χ1v) is 11.1. The number of methoxy groups -OCH3 is 1. The van der Waals surface area contributed by atoms with Gasteiger partial charge in [-0.1, -0.05) is 74.3 Å². The lowest BCUT2D eigenvalue weighted by atomic mass is 9.96. The monoisotopic (exact) mass is 492 g/mol. The third kappa shape index (κ3) is 5.73. The zero-order valence-corrected chi connectivity index (χ0v) is 18.9. The first kappa shape index (κ1) is 21.8. The molecule has 2 rings (SSSR count). The molecule has 0 amide bonds. The molecule has 0 aliphatic heterocycles. The summed E-state index contributed by atoms with van der Waals surface area (Å²) in [6, 6.07) is 14.5. The first-order chi connectivity index (χ1) is 13.1. The van der Waals surface area contributed by atoms with Crippen LogP contribution in [0.1, 0.15) is 16.7 Å². The molecule has 0 fully saturated rings. The molecule has 144 valence electrons. The van der Waals surface area contributed by atoms with Crippen LogP contribution in [0.3, 0.4) is 0 Å². The van der Waals surface area contributed by atoms with E-state index in [1.54, 1.807) is 7.11 Å². The predicted octanol–water partition coefficient (Wildman–Crippen LogP) is 6.30. The zero-order valence-electron chi connectivity index (χ0n) is 15.7. The lowest BCUT2D eigenvalue weighted by molar-refractivity contribution is 0.120. The summed E-state index contributed by atoms with van der Waals surface area (Å²) in [6.07, 6.45) is 5.99. The van der Waals surface area contributed by atoms with Crippen LogP contribution in [-0.4, -0.2) is 23.4 Å². The van der Waals surface area contributed by atoms with Crippen molar-refractivity contribution in [1.82, 2.24) is 0 Å². The summed E-state index contributed by atoms with van der Waals surface area (Å²) in [6.45, 7) is 7.80. The molecule has 0 atom stereocenters. The third-order valence-corrected chi connectivity index (χ3v) is 6.40. The highest BCUT2D eigenvalue weighted by atomic mass is 79.9. The smallest absolute Gasteiger partial charge is 0.132 e. The standard InChI is InChI=1S/C23H26Br2O2/c1-4-9-19-13-21(26-3)14-20(10-5-2)22(19)27-23(16-24,17-25)15-18-11-7-6-8-12-18/h4-8,11-14H,1-2,9-10,15-17H2,3H3. The highest BCUT2D eigenvalue weighted by molar-refractivity contribution is 9.09. The maximum absolute atomic E-state index is 6.73. The number of rotatable bonds is 11. The molecule has 0 heterocycles. The van der Waals surface area contributed by atoms with Crippen LogP contribution in [0.4, 0.5) is 0 Å². The van der Waals surface area contributed by atoms with Gasteiger partial charge >= 0.3 is 0 Å².